The molecule has 0 aromatic heterocycles. The smallest absolute Gasteiger partial charge is 0.248 e. The molecule has 1 fully saturated rings. The van der Waals surface area contributed by atoms with Crippen LogP contribution in [0.2, 0.25) is 0 Å². The van der Waals surface area contributed by atoms with Crippen LogP contribution in [0.15, 0.2) is 54.6 Å². The van der Waals surface area contributed by atoms with Crippen molar-refractivity contribution < 1.29 is 17.9 Å². The second kappa shape index (κ2) is 10.6. The van der Waals surface area contributed by atoms with Crippen LogP contribution < -0.4 is 10.1 Å². The fourth-order valence-electron chi connectivity index (χ4n) is 3.83. The van der Waals surface area contributed by atoms with Crippen LogP contribution in [0.1, 0.15) is 57.1 Å². The second-order valence-corrected chi connectivity index (χ2v) is 10.6. The minimum atomic E-state index is -3.18. The molecule has 1 amide bonds. The summed E-state index contributed by atoms with van der Waals surface area (Å²) in [5, 5.41) is 2.57. The number of anilines is 1. The van der Waals surface area contributed by atoms with Gasteiger partial charge in [0.15, 0.2) is 9.84 Å². The molecule has 5 nitrogen and oxygen atoms in total. The number of rotatable bonds is 8. The number of hydrogen-bond donors (Lipinski definition) is 1. The van der Waals surface area contributed by atoms with Gasteiger partial charge in [0, 0.05) is 11.8 Å². The van der Waals surface area contributed by atoms with Gasteiger partial charge in [-0.2, -0.15) is 0 Å². The zero-order chi connectivity index (χ0) is 22.3. The molecule has 1 N–H and O–H groups in total. The lowest BCUT2D eigenvalue weighted by Crippen LogP contribution is -2.25. The average molecular weight is 442 g/mol. The fraction of sp³-hybridized carbons (Fsp3) is 0.400. The molecule has 0 aliphatic heterocycles. The zero-order valence-corrected chi connectivity index (χ0v) is 19.0. The topological polar surface area (TPSA) is 72.5 Å². The summed E-state index contributed by atoms with van der Waals surface area (Å²) in [7, 11) is -3.18. The van der Waals surface area contributed by atoms with Gasteiger partial charge in [-0.1, -0.05) is 43.5 Å². The summed E-state index contributed by atoms with van der Waals surface area (Å²) in [4.78, 5) is 12.3. The maximum absolute atomic E-state index is 12.7. The molecule has 0 saturated heterocycles. The van der Waals surface area contributed by atoms with E-state index >= 15 is 0 Å². The standard InChI is InChI=1S/C25H31NO4S/c1-19(2)30-23-11-7-8-20(17-23)14-15-25(27)26-22-10-6-9-21(16-22)18-31(28,29)24-12-4-3-5-13-24/h6-11,14-17,19,24H,3-5,12-13,18H2,1-2H3,(H,26,27)/b15-14+. The third-order valence-electron chi connectivity index (χ3n) is 5.28. The predicted octanol–water partition coefficient (Wildman–Crippen LogP) is 5.37. The Labute approximate surface area is 185 Å². The van der Waals surface area contributed by atoms with Crippen LogP contribution in [0.25, 0.3) is 6.08 Å². The van der Waals surface area contributed by atoms with Crippen molar-refractivity contribution in [1.82, 2.24) is 0 Å². The lowest BCUT2D eigenvalue weighted by atomic mass is 10.0. The third kappa shape index (κ3) is 7.24. The van der Waals surface area contributed by atoms with E-state index in [-0.39, 0.29) is 23.0 Å². The molecule has 2 aromatic carbocycles. The van der Waals surface area contributed by atoms with E-state index in [4.69, 9.17) is 4.74 Å². The molecule has 3 rings (SSSR count). The first-order valence-electron chi connectivity index (χ1n) is 10.9. The third-order valence-corrected chi connectivity index (χ3v) is 7.50. The van der Waals surface area contributed by atoms with Gasteiger partial charge in [-0.05, 0) is 68.2 Å². The summed E-state index contributed by atoms with van der Waals surface area (Å²) in [6.45, 7) is 3.93. The Morgan fingerprint density at radius 3 is 2.58 bits per heavy atom. The molecular formula is C25H31NO4S. The molecule has 0 bridgehead atoms. The van der Waals surface area contributed by atoms with Gasteiger partial charge < -0.3 is 10.1 Å². The van der Waals surface area contributed by atoms with E-state index < -0.39 is 9.84 Å². The summed E-state index contributed by atoms with van der Waals surface area (Å²) >= 11 is 0. The van der Waals surface area contributed by atoms with Gasteiger partial charge in [0.05, 0.1) is 17.1 Å². The fourth-order valence-corrected chi connectivity index (χ4v) is 5.76. The number of ether oxygens (including phenoxy) is 1. The van der Waals surface area contributed by atoms with Gasteiger partial charge in [0.2, 0.25) is 5.91 Å². The highest BCUT2D eigenvalue weighted by atomic mass is 32.2. The normalized spacial score (nSPS) is 15.3. The van der Waals surface area contributed by atoms with E-state index in [0.29, 0.717) is 11.3 Å². The number of carbonyl (C=O) groups is 1. The Morgan fingerprint density at radius 2 is 1.84 bits per heavy atom. The Balaban J connectivity index is 1.61. The number of carbonyl (C=O) groups excluding carboxylic acids is 1. The first-order chi connectivity index (χ1) is 14.8. The monoisotopic (exact) mass is 441 g/mol. The molecule has 0 spiro atoms. The summed E-state index contributed by atoms with van der Waals surface area (Å²) in [6, 6.07) is 14.6. The maximum atomic E-state index is 12.7. The van der Waals surface area contributed by atoms with Gasteiger partial charge in [0.25, 0.3) is 0 Å². The van der Waals surface area contributed by atoms with Crippen molar-refractivity contribution in [3.63, 3.8) is 0 Å². The lowest BCUT2D eigenvalue weighted by molar-refractivity contribution is -0.111. The Hall–Kier alpha value is -2.60. The largest absolute Gasteiger partial charge is 0.491 e. The SMILES string of the molecule is CC(C)Oc1cccc(/C=C/C(=O)Nc2cccc(CS(=O)(=O)C3CCCCC3)c2)c1. The van der Waals surface area contributed by atoms with E-state index in [9.17, 15) is 13.2 Å². The van der Waals surface area contributed by atoms with Gasteiger partial charge in [-0.3, -0.25) is 4.79 Å². The molecule has 1 aliphatic carbocycles. The van der Waals surface area contributed by atoms with Crippen molar-refractivity contribution in [2.45, 2.75) is 63.1 Å². The molecule has 1 aliphatic rings. The van der Waals surface area contributed by atoms with E-state index in [1.807, 2.05) is 38.1 Å². The van der Waals surface area contributed by atoms with E-state index in [0.717, 1.165) is 43.4 Å². The highest BCUT2D eigenvalue weighted by molar-refractivity contribution is 7.91. The first kappa shape index (κ1) is 23.1. The van der Waals surface area contributed by atoms with Crippen molar-refractivity contribution >= 4 is 27.5 Å². The summed E-state index contributed by atoms with van der Waals surface area (Å²) in [5.41, 5.74) is 2.15. The molecule has 0 heterocycles. The lowest BCUT2D eigenvalue weighted by Gasteiger charge is -2.21. The minimum absolute atomic E-state index is 0.0137. The minimum Gasteiger partial charge on any atom is -0.491 e. The highest BCUT2D eigenvalue weighted by Gasteiger charge is 2.27. The van der Waals surface area contributed by atoms with Gasteiger partial charge >= 0.3 is 0 Å². The van der Waals surface area contributed by atoms with Gasteiger partial charge in [0.1, 0.15) is 5.75 Å². The van der Waals surface area contributed by atoms with Crippen LogP contribution in [-0.4, -0.2) is 25.7 Å². The van der Waals surface area contributed by atoms with Crippen molar-refractivity contribution in [1.29, 1.82) is 0 Å². The molecule has 1 saturated carbocycles. The molecular weight excluding hydrogens is 410 g/mol. The number of sulfone groups is 1. The van der Waals surface area contributed by atoms with Crippen LogP contribution in [0, 0.1) is 0 Å². The van der Waals surface area contributed by atoms with Crippen molar-refractivity contribution in [2.24, 2.45) is 0 Å². The Bertz CT molecular complexity index is 1020. The van der Waals surface area contributed by atoms with Gasteiger partial charge in [-0.25, -0.2) is 8.42 Å². The van der Waals surface area contributed by atoms with E-state index in [1.54, 1.807) is 30.3 Å². The molecule has 0 unspecified atom stereocenters. The van der Waals surface area contributed by atoms with Crippen LogP contribution in [0.3, 0.4) is 0 Å². The van der Waals surface area contributed by atoms with Crippen LogP contribution in [0.4, 0.5) is 5.69 Å². The van der Waals surface area contributed by atoms with Crippen molar-refractivity contribution in [3.8, 4) is 5.75 Å². The van der Waals surface area contributed by atoms with Gasteiger partial charge in [-0.15, -0.1) is 0 Å². The zero-order valence-electron chi connectivity index (χ0n) is 18.2. The van der Waals surface area contributed by atoms with Crippen LogP contribution in [-0.2, 0) is 20.4 Å². The quantitative estimate of drug-likeness (QED) is 0.559. The highest BCUT2D eigenvalue weighted by Crippen LogP contribution is 2.26. The Kier molecular flexibility index (Phi) is 7.91. The van der Waals surface area contributed by atoms with E-state index in [2.05, 4.69) is 5.32 Å². The summed E-state index contributed by atoms with van der Waals surface area (Å²) in [6.07, 6.45) is 7.87. The Morgan fingerprint density at radius 1 is 1.10 bits per heavy atom. The number of nitrogens with one attached hydrogen (secondary N) is 1. The molecule has 0 atom stereocenters. The summed E-state index contributed by atoms with van der Waals surface area (Å²) < 4.78 is 31.1. The second-order valence-electron chi connectivity index (χ2n) is 8.33. The summed E-state index contributed by atoms with van der Waals surface area (Å²) in [5.74, 6) is 0.492. The number of amides is 1. The molecule has 31 heavy (non-hydrogen) atoms. The maximum Gasteiger partial charge on any atom is 0.248 e. The average Bonchev–Trinajstić information content (AvgIpc) is 2.73. The first-order valence-corrected chi connectivity index (χ1v) is 12.6. The van der Waals surface area contributed by atoms with Crippen molar-refractivity contribution in [2.75, 3.05) is 5.32 Å². The molecule has 2 aromatic rings. The number of benzene rings is 2. The van der Waals surface area contributed by atoms with Crippen molar-refractivity contribution in [3.05, 3.63) is 65.7 Å². The van der Waals surface area contributed by atoms with Crippen LogP contribution in [0.5, 0.6) is 5.75 Å². The predicted molar refractivity (Wildman–Crippen MR) is 126 cm³/mol. The number of hydrogen-bond acceptors (Lipinski definition) is 4. The van der Waals surface area contributed by atoms with Crippen LogP contribution >= 0.6 is 0 Å². The van der Waals surface area contributed by atoms with E-state index in [1.165, 1.54) is 6.08 Å². The molecule has 0 radical (unpaired) electrons. The molecule has 166 valence electrons. The molecule has 6 heteroatoms.